The first kappa shape index (κ1) is 15.3. The lowest BCUT2D eigenvalue weighted by atomic mass is 10.1. The molecule has 1 unspecified atom stereocenters. The third-order valence-electron chi connectivity index (χ3n) is 3.28. The lowest BCUT2D eigenvalue weighted by molar-refractivity contribution is 0.0934. The molecule has 2 rings (SSSR count). The van der Waals surface area contributed by atoms with Crippen LogP contribution in [0.3, 0.4) is 0 Å². The first-order chi connectivity index (χ1) is 10.1. The maximum absolute atomic E-state index is 12.3. The van der Waals surface area contributed by atoms with E-state index in [0.29, 0.717) is 5.56 Å². The maximum Gasteiger partial charge on any atom is 0.251 e. The zero-order valence-corrected chi connectivity index (χ0v) is 12.8. The van der Waals surface area contributed by atoms with Crippen molar-refractivity contribution in [2.24, 2.45) is 0 Å². The van der Waals surface area contributed by atoms with Crippen LogP contribution in [0, 0.1) is 0 Å². The molecule has 1 atom stereocenters. The number of H-pyrrole nitrogens is 1. The van der Waals surface area contributed by atoms with Gasteiger partial charge in [-0.05, 0) is 38.2 Å². The van der Waals surface area contributed by atoms with Crippen molar-refractivity contribution in [3.05, 3.63) is 53.6 Å². The number of carbonyl (C=O) groups is 1. The Kier molecular flexibility index (Phi) is 5.11. The second-order valence-electron chi connectivity index (χ2n) is 5.34. The minimum absolute atomic E-state index is 0.0744. The van der Waals surface area contributed by atoms with Gasteiger partial charge in [-0.1, -0.05) is 19.1 Å². The molecular weight excluding hydrogens is 264 g/mol. The summed E-state index contributed by atoms with van der Waals surface area (Å²) in [4.78, 5) is 21.6. The molecule has 1 aromatic heterocycles. The van der Waals surface area contributed by atoms with Gasteiger partial charge in [-0.15, -0.1) is 0 Å². The van der Waals surface area contributed by atoms with Crippen LogP contribution < -0.4 is 5.32 Å². The van der Waals surface area contributed by atoms with Gasteiger partial charge in [0.15, 0.2) is 0 Å². The van der Waals surface area contributed by atoms with Crippen LogP contribution in [0.4, 0.5) is 0 Å². The van der Waals surface area contributed by atoms with Crippen molar-refractivity contribution in [3.8, 4) is 0 Å². The third-order valence-corrected chi connectivity index (χ3v) is 3.28. The highest BCUT2D eigenvalue weighted by molar-refractivity contribution is 5.94. The van der Waals surface area contributed by atoms with Gasteiger partial charge < -0.3 is 15.2 Å². The van der Waals surface area contributed by atoms with E-state index >= 15 is 0 Å². The molecule has 0 spiro atoms. The van der Waals surface area contributed by atoms with Gasteiger partial charge in [0.25, 0.3) is 5.91 Å². The number of aromatic amines is 1. The number of hydrogen-bond acceptors (Lipinski definition) is 3. The minimum atomic E-state index is -0.0889. The quantitative estimate of drug-likeness (QED) is 0.857. The molecular formula is C16H22N4O. The third kappa shape index (κ3) is 4.16. The van der Waals surface area contributed by atoms with Crippen molar-refractivity contribution >= 4 is 5.91 Å². The van der Waals surface area contributed by atoms with Crippen molar-refractivity contribution < 1.29 is 4.79 Å². The molecule has 1 aromatic carbocycles. The topological polar surface area (TPSA) is 61.0 Å². The molecule has 0 saturated carbocycles. The van der Waals surface area contributed by atoms with Crippen LogP contribution in [0.1, 0.15) is 41.1 Å². The molecule has 0 bridgehead atoms. The average Bonchev–Trinajstić information content (AvgIpc) is 2.98. The summed E-state index contributed by atoms with van der Waals surface area (Å²) in [6.45, 7) is 2.89. The van der Waals surface area contributed by atoms with Gasteiger partial charge in [0.2, 0.25) is 0 Å². The van der Waals surface area contributed by atoms with Gasteiger partial charge in [0.05, 0.1) is 6.04 Å². The zero-order valence-electron chi connectivity index (χ0n) is 12.8. The van der Waals surface area contributed by atoms with Crippen LogP contribution in [-0.4, -0.2) is 34.9 Å². The number of benzene rings is 1. The SMILES string of the molecule is CCC(NC(=O)c1ccc(CN(C)C)cc1)c1ncc[nH]1. The second kappa shape index (κ2) is 7.04. The predicted octanol–water partition coefficient (Wildman–Crippen LogP) is 2.35. The Labute approximate surface area is 125 Å². The summed E-state index contributed by atoms with van der Waals surface area (Å²) in [5.41, 5.74) is 1.86. The van der Waals surface area contributed by atoms with Gasteiger partial charge in [0.1, 0.15) is 5.82 Å². The lowest BCUT2D eigenvalue weighted by Crippen LogP contribution is -2.28. The molecule has 5 heteroatoms. The summed E-state index contributed by atoms with van der Waals surface area (Å²) in [5, 5.41) is 3.00. The maximum atomic E-state index is 12.3. The highest BCUT2D eigenvalue weighted by atomic mass is 16.1. The number of hydrogen-bond donors (Lipinski definition) is 2. The van der Waals surface area contributed by atoms with Crippen LogP contribution in [-0.2, 0) is 6.54 Å². The van der Waals surface area contributed by atoms with Gasteiger partial charge in [-0.3, -0.25) is 4.79 Å². The largest absolute Gasteiger partial charge is 0.347 e. The number of carbonyl (C=O) groups excluding carboxylic acids is 1. The monoisotopic (exact) mass is 286 g/mol. The molecule has 2 N–H and O–H groups in total. The van der Waals surface area contributed by atoms with E-state index in [1.807, 2.05) is 45.3 Å². The highest BCUT2D eigenvalue weighted by Gasteiger charge is 2.15. The number of nitrogens with zero attached hydrogens (tertiary/aromatic N) is 2. The Balaban J connectivity index is 2.02. The standard InChI is InChI=1S/C16H22N4O/c1-4-14(15-17-9-10-18-15)19-16(21)13-7-5-12(6-8-13)11-20(2)3/h5-10,14H,4,11H2,1-3H3,(H,17,18)(H,19,21). The van der Waals surface area contributed by atoms with E-state index in [-0.39, 0.29) is 11.9 Å². The smallest absolute Gasteiger partial charge is 0.251 e. The number of amides is 1. The first-order valence-electron chi connectivity index (χ1n) is 7.14. The van der Waals surface area contributed by atoms with E-state index in [0.717, 1.165) is 18.8 Å². The lowest BCUT2D eigenvalue weighted by Gasteiger charge is -2.15. The summed E-state index contributed by atoms with van der Waals surface area (Å²) < 4.78 is 0. The molecule has 112 valence electrons. The van der Waals surface area contributed by atoms with Crippen LogP contribution in [0.2, 0.25) is 0 Å². The minimum Gasteiger partial charge on any atom is -0.347 e. The Morgan fingerprint density at radius 3 is 2.57 bits per heavy atom. The Morgan fingerprint density at radius 2 is 2.05 bits per heavy atom. The number of nitrogens with one attached hydrogen (secondary N) is 2. The summed E-state index contributed by atoms with van der Waals surface area (Å²) in [7, 11) is 4.05. The number of imidazole rings is 1. The molecule has 0 aliphatic carbocycles. The second-order valence-corrected chi connectivity index (χ2v) is 5.34. The number of aromatic nitrogens is 2. The van der Waals surface area contributed by atoms with E-state index in [1.165, 1.54) is 5.56 Å². The van der Waals surface area contributed by atoms with Crippen LogP contribution in [0.15, 0.2) is 36.7 Å². The van der Waals surface area contributed by atoms with E-state index in [9.17, 15) is 4.79 Å². The summed E-state index contributed by atoms with van der Waals surface area (Å²) in [5.74, 6) is 0.713. The molecule has 0 saturated heterocycles. The Morgan fingerprint density at radius 1 is 1.33 bits per heavy atom. The Bertz CT molecular complexity index is 560. The predicted molar refractivity (Wildman–Crippen MR) is 82.9 cm³/mol. The van der Waals surface area contributed by atoms with E-state index < -0.39 is 0 Å². The van der Waals surface area contributed by atoms with Crippen molar-refractivity contribution in [1.29, 1.82) is 0 Å². The normalized spacial score (nSPS) is 12.4. The van der Waals surface area contributed by atoms with Gasteiger partial charge in [-0.2, -0.15) is 0 Å². The van der Waals surface area contributed by atoms with E-state index in [2.05, 4.69) is 20.2 Å². The van der Waals surface area contributed by atoms with Crippen molar-refractivity contribution in [2.75, 3.05) is 14.1 Å². The molecule has 0 aliphatic rings. The molecule has 0 radical (unpaired) electrons. The van der Waals surface area contributed by atoms with Crippen molar-refractivity contribution in [2.45, 2.75) is 25.9 Å². The van der Waals surface area contributed by atoms with Crippen molar-refractivity contribution in [1.82, 2.24) is 20.2 Å². The fourth-order valence-corrected chi connectivity index (χ4v) is 2.20. The van der Waals surface area contributed by atoms with E-state index in [1.54, 1.807) is 12.4 Å². The summed E-state index contributed by atoms with van der Waals surface area (Å²) in [6, 6.07) is 7.62. The fraction of sp³-hybridized carbons (Fsp3) is 0.375. The highest BCUT2D eigenvalue weighted by Crippen LogP contribution is 2.13. The van der Waals surface area contributed by atoms with E-state index in [4.69, 9.17) is 0 Å². The van der Waals surface area contributed by atoms with Crippen LogP contribution in [0.25, 0.3) is 0 Å². The first-order valence-corrected chi connectivity index (χ1v) is 7.14. The Hall–Kier alpha value is -2.14. The molecule has 0 aliphatic heterocycles. The fourth-order valence-electron chi connectivity index (χ4n) is 2.20. The molecule has 5 nitrogen and oxygen atoms in total. The molecule has 0 fully saturated rings. The van der Waals surface area contributed by atoms with Gasteiger partial charge in [-0.25, -0.2) is 4.98 Å². The number of rotatable bonds is 6. The molecule has 1 amide bonds. The van der Waals surface area contributed by atoms with Gasteiger partial charge >= 0.3 is 0 Å². The molecule has 1 heterocycles. The van der Waals surface area contributed by atoms with Crippen molar-refractivity contribution in [3.63, 3.8) is 0 Å². The zero-order chi connectivity index (χ0) is 15.2. The molecule has 21 heavy (non-hydrogen) atoms. The van der Waals surface area contributed by atoms with Crippen LogP contribution in [0.5, 0.6) is 0 Å². The average molecular weight is 286 g/mol. The molecule has 2 aromatic rings. The van der Waals surface area contributed by atoms with Crippen LogP contribution >= 0.6 is 0 Å². The van der Waals surface area contributed by atoms with Gasteiger partial charge in [0, 0.05) is 24.5 Å². The summed E-state index contributed by atoms with van der Waals surface area (Å²) in [6.07, 6.45) is 4.25. The summed E-state index contributed by atoms with van der Waals surface area (Å²) >= 11 is 0.